The highest BCUT2D eigenvalue weighted by Gasteiger charge is 2.34. The first kappa shape index (κ1) is 19.6. The maximum Gasteiger partial charge on any atom is 0.303 e. The van der Waals surface area contributed by atoms with Crippen LogP contribution in [0.1, 0.15) is 29.5 Å². The molecular weight excluding hydrogens is 356 g/mol. The van der Waals surface area contributed by atoms with Crippen LogP contribution in [0.3, 0.4) is 0 Å². The van der Waals surface area contributed by atoms with Gasteiger partial charge in [-0.2, -0.15) is 0 Å². The van der Waals surface area contributed by atoms with E-state index in [1.54, 1.807) is 17.0 Å². The van der Waals surface area contributed by atoms with E-state index in [0.717, 1.165) is 11.1 Å². The van der Waals surface area contributed by atoms with Gasteiger partial charge in [-0.05, 0) is 36.6 Å². The summed E-state index contributed by atoms with van der Waals surface area (Å²) in [6.07, 6.45) is 0.746. The van der Waals surface area contributed by atoms with Crippen LogP contribution in [0.25, 0.3) is 0 Å². The van der Waals surface area contributed by atoms with Crippen molar-refractivity contribution in [2.75, 3.05) is 11.9 Å². The lowest BCUT2D eigenvalue weighted by Gasteiger charge is -2.17. The summed E-state index contributed by atoms with van der Waals surface area (Å²) >= 11 is 0. The molecule has 6 heteroatoms. The van der Waals surface area contributed by atoms with Crippen LogP contribution in [-0.2, 0) is 27.3 Å². The van der Waals surface area contributed by atoms with E-state index in [0.29, 0.717) is 25.2 Å². The number of carbonyl (C=O) groups is 3. The minimum Gasteiger partial charge on any atom is -0.481 e. The van der Waals surface area contributed by atoms with E-state index in [9.17, 15) is 14.4 Å². The Morgan fingerprint density at radius 3 is 2.36 bits per heavy atom. The number of anilines is 1. The number of aliphatic carboxylic acids is 1. The number of nitrogens with one attached hydrogen (secondary N) is 1. The van der Waals surface area contributed by atoms with Crippen molar-refractivity contribution in [1.29, 1.82) is 0 Å². The predicted octanol–water partition coefficient (Wildman–Crippen LogP) is 3.00. The molecule has 146 valence electrons. The maximum absolute atomic E-state index is 12.5. The van der Waals surface area contributed by atoms with E-state index in [1.807, 2.05) is 43.3 Å². The first-order valence-corrected chi connectivity index (χ1v) is 9.35. The Balaban J connectivity index is 1.54. The van der Waals surface area contributed by atoms with Crippen LogP contribution in [0, 0.1) is 12.8 Å². The quantitative estimate of drug-likeness (QED) is 0.773. The van der Waals surface area contributed by atoms with Gasteiger partial charge in [0.05, 0.1) is 5.92 Å². The summed E-state index contributed by atoms with van der Waals surface area (Å²) in [5.41, 5.74) is 3.77. The summed E-state index contributed by atoms with van der Waals surface area (Å²) in [4.78, 5) is 37.2. The van der Waals surface area contributed by atoms with Crippen LogP contribution in [0.15, 0.2) is 48.5 Å². The van der Waals surface area contributed by atoms with Gasteiger partial charge >= 0.3 is 5.97 Å². The van der Waals surface area contributed by atoms with Crippen molar-refractivity contribution in [3.8, 4) is 0 Å². The molecule has 1 fully saturated rings. The van der Waals surface area contributed by atoms with Gasteiger partial charge in [-0.3, -0.25) is 14.4 Å². The van der Waals surface area contributed by atoms with E-state index in [-0.39, 0.29) is 30.6 Å². The first-order chi connectivity index (χ1) is 13.4. The number of carbonyl (C=O) groups excluding carboxylic acids is 2. The van der Waals surface area contributed by atoms with Crippen LogP contribution in [0.2, 0.25) is 0 Å². The predicted molar refractivity (Wildman–Crippen MR) is 106 cm³/mol. The molecule has 2 N–H and O–H groups in total. The maximum atomic E-state index is 12.5. The van der Waals surface area contributed by atoms with Crippen LogP contribution in [0.4, 0.5) is 5.69 Å². The number of nitrogens with zero attached hydrogens (tertiary/aromatic N) is 1. The molecule has 1 unspecified atom stereocenters. The van der Waals surface area contributed by atoms with Crippen molar-refractivity contribution in [3.63, 3.8) is 0 Å². The molecule has 6 nitrogen and oxygen atoms in total. The third-order valence-electron chi connectivity index (χ3n) is 4.93. The van der Waals surface area contributed by atoms with Crippen molar-refractivity contribution in [2.45, 2.75) is 32.7 Å². The molecule has 0 saturated carbocycles. The molecule has 1 heterocycles. The number of amides is 2. The molecule has 3 rings (SSSR count). The zero-order valence-corrected chi connectivity index (χ0v) is 15.9. The Bertz CT molecular complexity index is 859. The molecule has 0 aliphatic carbocycles. The Morgan fingerprint density at radius 2 is 1.71 bits per heavy atom. The van der Waals surface area contributed by atoms with Gasteiger partial charge in [0.1, 0.15) is 0 Å². The summed E-state index contributed by atoms with van der Waals surface area (Å²) < 4.78 is 0. The van der Waals surface area contributed by atoms with Crippen molar-refractivity contribution in [3.05, 3.63) is 65.2 Å². The van der Waals surface area contributed by atoms with Crippen molar-refractivity contribution in [1.82, 2.24) is 4.90 Å². The number of aryl methyl sites for hydroxylation is 2. The van der Waals surface area contributed by atoms with Crippen LogP contribution in [0.5, 0.6) is 0 Å². The summed E-state index contributed by atoms with van der Waals surface area (Å²) in [5, 5.41) is 11.6. The van der Waals surface area contributed by atoms with Crippen LogP contribution < -0.4 is 5.32 Å². The lowest BCUT2D eigenvalue weighted by molar-refractivity contribution is -0.137. The number of likely N-dealkylation sites (tertiary alicyclic amines) is 1. The third kappa shape index (κ3) is 5.19. The van der Waals surface area contributed by atoms with E-state index in [2.05, 4.69) is 5.32 Å². The highest BCUT2D eigenvalue weighted by atomic mass is 16.4. The number of benzene rings is 2. The average Bonchev–Trinajstić information content (AvgIpc) is 3.03. The smallest absolute Gasteiger partial charge is 0.303 e. The molecule has 1 atom stereocenters. The molecule has 1 aliphatic heterocycles. The second-order valence-corrected chi connectivity index (χ2v) is 7.24. The van der Waals surface area contributed by atoms with Gasteiger partial charge in [0, 0.05) is 31.6 Å². The van der Waals surface area contributed by atoms with E-state index in [1.165, 1.54) is 5.56 Å². The van der Waals surface area contributed by atoms with Crippen molar-refractivity contribution >= 4 is 23.5 Å². The molecule has 0 aromatic heterocycles. The topological polar surface area (TPSA) is 86.7 Å². The van der Waals surface area contributed by atoms with Gasteiger partial charge in [-0.1, -0.05) is 42.0 Å². The second kappa shape index (κ2) is 8.69. The molecule has 0 radical (unpaired) electrons. The largest absolute Gasteiger partial charge is 0.481 e. The molecule has 1 aliphatic rings. The first-order valence-electron chi connectivity index (χ1n) is 9.35. The van der Waals surface area contributed by atoms with Gasteiger partial charge in [-0.25, -0.2) is 0 Å². The number of carboxylic acid groups (broad SMARTS) is 1. The molecule has 0 bridgehead atoms. The summed E-state index contributed by atoms with van der Waals surface area (Å²) in [7, 11) is 0. The zero-order valence-electron chi connectivity index (χ0n) is 15.9. The van der Waals surface area contributed by atoms with E-state index in [4.69, 9.17) is 5.11 Å². The highest BCUT2D eigenvalue weighted by Crippen LogP contribution is 2.22. The summed E-state index contributed by atoms with van der Waals surface area (Å²) in [6.45, 7) is 2.94. The molecule has 28 heavy (non-hydrogen) atoms. The number of carboxylic acids is 1. The Kier molecular flexibility index (Phi) is 6.09. The fourth-order valence-electron chi connectivity index (χ4n) is 3.26. The minimum atomic E-state index is -0.835. The minimum absolute atomic E-state index is 0.00950. The van der Waals surface area contributed by atoms with Crippen LogP contribution >= 0.6 is 0 Å². The van der Waals surface area contributed by atoms with Gasteiger partial charge in [-0.15, -0.1) is 0 Å². The van der Waals surface area contributed by atoms with Crippen molar-refractivity contribution in [2.24, 2.45) is 5.92 Å². The summed E-state index contributed by atoms with van der Waals surface area (Å²) in [5.74, 6) is -1.38. The molecule has 1 saturated heterocycles. The van der Waals surface area contributed by atoms with Gasteiger partial charge in [0.15, 0.2) is 0 Å². The number of rotatable bonds is 7. The lowest BCUT2D eigenvalue weighted by Crippen LogP contribution is -2.28. The van der Waals surface area contributed by atoms with Crippen LogP contribution in [-0.4, -0.2) is 34.3 Å². The monoisotopic (exact) mass is 380 g/mol. The number of hydrogen-bond donors (Lipinski definition) is 2. The summed E-state index contributed by atoms with van der Waals surface area (Å²) in [6, 6.07) is 15.2. The van der Waals surface area contributed by atoms with E-state index < -0.39 is 5.97 Å². The number of hydrogen-bond acceptors (Lipinski definition) is 3. The van der Waals surface area contributed by atoms with Gasteiger partial charge in [0.2, 0.25) is 11.8 Å². The molecule has 2 aromatic rings. The molecular formula is C22H24N2O4. The lowest BCUT2D eigenvalue weighted by atomic mass is 10.1. The Labute approximate surface area is 164 Å². The molecule has 2 aromatic carbocycles. The Hall–Kier alpha value is -3.15. The normalized spacial score (nSPS) is 16.2. The fraction of sp³-hybridized carbons (Fsp3) is 0.318. The van der Waals surface area contributed by atoms with Gasteiger partial charge < -0.3 is 15.3 Å². The average molecular weight is 380 g/mol. The SMILES string of the molecule is Cc1ccc(CN2CC(C(=O)Nc3ccc(CCC(=O)O)cc3)CC2=O)cc1. The van der Waals surface area contributed by atoms with E-state index >= 15 is 0 Å². The van der Waals surface area contributed by atoms with Crippen molar-refractivity contribution < 1.29 is 19.5 Å². The van der Waals surface area contributed by atoms with Gasteiger partial charge in [0.25, 0.3) is 0 Å². The second-order valence-electron chi connectivity index (χ2n) is 7.24. The highest BCUT2D eigenvalue weighted by molar-refractivity contribution is 5.97. The standard InChI is InChI=1S/C22H24N2O4/c1-15-2-4-17(5-3-15)13-24-14-18(12-20(24)25)22(28)23-19-9-6-16(7-10-19)8-11-21(26)27/h2-7,9-10,18H,8,11-14H2,1H3,(H,23,28)(H,26,27). The Morgan fingerprint density at radius 1 is 1.07 bits per heavy atom. The zero-order chi connectivity index (χ0) is 20.1. The molecule has 0 spiro atoms. The molecule has 2 amide bonds. The third-order valence-corrected chi connectivity index (χ3v) is 4.93. The fourth-order valence-corrected chi connectivity index (χ4v) is 3.26.